The SMILES string of the molecule is CC(C)N1CC(=O)c2cccc(O)c2C1. The summed E-state index contributed by atoms with van der Waals surface area (Å²) in [7, 11) is 0. The summed E-state index contributed by atoms with van der Waals surface area (Å²) in [5.74, 6) is 0.326. The van der Waals surface area contributed by atoms with Crippen LogP contribution in [0, 0.1) is 0 Å². The second-order valence-corrected chi connectivity index (χ2v) is 4.23. The van der Waals surface area contributed by atoms with Gasteiger partial charge in [0.25, 0.3) is 0 Å². The highest BCUT2D eigenvalue weighted by Crippen LogP contribution is 2.27. The topological polar surface area (TPSA) is 40.5 Å². The minimum Gasteiger partial charge on any atom is -0.508 e. The fourth-order valence-electron chi connectivity index (χ4n) is 1.90. The Balaban J connectivity index is 2.42. The van der Waals surface area contributed by atoms with E-state index < -0.39 is 0 Å². The number of hydrogen-bond acceptors (Lipinski definition) is 3. The second-order valence-electron chi connectivity index (χ2n) is 4.23. The van der Waals surface area contributed by atoms with E-state index in [0.29, 0.717) is 24.7 Å². The van der Waals surface area contributed by atoms with Crippen LogP contribution in [0.25, 0.3) is 0 Å². The van der Waals surface area contributed by atoms with E-state index in [1.165, 1.54) is 0 Å². The van der Waals surface area contributed by atoms with Crippen molar-refractivity contribution in [2.24, 2.45) is 0 Å². The Morgan fingerprint density at radius 1 is 1.33 bits per heavy atom. The van der Waals surface area contributed by atoms with E-state index >= 15 is 0 Å². The number of Topliss-reactive ketones (excluding diaryl/α,β-unsaturated/α-hetero) is 1. The van der Waals surface area contributed by atoms with E-state index in [0.717, 1.165) is 5.56 Å². The van der Waals surface area contributed by atoms with Crippen molar-refractivity contribution in [1.82, 2.24) is 4.90 Å². The number of rotatable bonds is 1. The molecule has 2 rings (SSSR count). The van der Waals surface area contributed by atoms with Gasteiger partial charge in [-0.05, 0) is 19.9 Å². The smallest absolute Gasteiger partial charge is 0.177 e. The Kier molecular flexibility index (Phi) is 2.49. The molecular formula is C12H15NO2. The number of nitrogens with zero attached hydrogens (tertiary/aromatic N) is 1. The minimum absolute atomic E-state index is 0.0980. The average Bonchev–Trinajstić information content (AvgIpc) is 2.19. The van der Waals surface area contributed by atoms with Crippen molar-refractivity contribution in [2.45, 2.75) is 26.4 Å². The summed E-state index contributed by atoms with van der Waals surface area (Å²) in [6.45, 7) is 5.22. The summed E-state index contributed by atoms with van der Waals surface area (Å²) in [6.07, 6.45) is 0. The molecular weight excluding hydrogens is 190 g/mol. The summed E-state index contributed by atoms with van der Waals surface area (Å²) in [5, 5.41) is 9.69. The highest BCUT2D eigenvalue weighted by atomic mass is 16.3. The molecule has 1 heterocycles. The maximum Gasteiger partial charge on any atom is 0.177 e. The molecule has 0 aliphatic carbocycles. The van der Waals surface area contributed by atoms with Crippen LogP contribution in [-0.2, 0) is 6.54 Å². The minimum atomic E-state index is 0.0980. The molecule has 0 unspecified atom stereocenters. The van der Waals surface area contributed by atoms with Crippen molar-refractivity contribution < 1.29 is 9.90 Å². The van der Waals surface area contributed by atoms with Gasteiger partial charge in [-0.1, -0.05) is 12.1 Å². The summed E-state index contributed by atoms with van der Waals surface area (Å²) in [5.41, 5.74) is 1.44. The van der Waals surface area contributed by atoms with Gasteiger partial charge in [-0.25, -0.2) is 0 Å². The number of carbonyl (C=O) groups excluding carboxylic acids is 1. The van der Waals surface area contributed by atoms with Crippen LogP contribution in [-0.4, -0.2) is 28.4 Å². The molecule has 0 fully saturated rings. The quantitative estimate of drug-likeness (QED) is 0.760. The van der Waals surface area contributed by atoms with Crippen LogP contribution in [0.3, 0.4) is 0 Å². The van der Waals surface area contributed by atoms with Gasteiger partial charge < -0.3 is 5.11 Å². The summed E-state index contributed by atoms with van der Waals surface area (Å²) < 4.78 is 0. The lowest BCUT2D eigenvalue weighted by Crippen LogP contribution is -2.39. The number of aromatic hydroxyl groups is 1. The standard InChI is InChI=1S/C12H15NO2/c1-8(2)13-6-10-9(12(15)7-13)4-3-5-11(10)14/h3-5,8,14H,6-7H2,1-2H3. The van der Waals surface area contributed by atoms with E-state index in [2.05, 4.69) is 18.7 Å². The fourth-order valence-corrected chi connectivity index (χ4v) is 1.90. The van der Waals surface area contributed by atoms with Crippen LogP contribution in [0.4, 0.5) is 0 Å². The molecule has 0 saturated heterocycles. The van der Waals surface area contributed by atoms with Crippen molar-refractivity contribution in [2.75, 3.05) is 6.54 Å². The highest BCUT2D eigenvalue weighted by Gasteiger charge is 2.26. The molecule has 3 heteroatoms. The predicted octanol–water partition coefficient (Wildman–Crippen LogP) is 1.80. The zero-order valence-electron chi connectivity index (χ0n) is 9.03. The van der Waals surface area contributed by atoms with Crippen LogP contribution in [0.1, 0.15) is 29.8 Å². The monoisotopic (exact) mass is 205 g/mol. The summed E-state index contributed by atoms with van der Waals surface area (Å²) in [6, 6.07) is 5.46. The number of carbonyl (C=O) groups is 1. The summed E-state index contributed by atoms with van der Waals surface area (Å²) >= 11 is 0. The van der Waals surface area contributed by atoms with E-state index in [-0.39, 0.29) is 11.5 Å². The van der Waals surface area contributed by atoms with Gasteiger partial charge in [-0.2, -0.15) is 0 Å². The zero-order valence-corrected chi connectivity index (χ0v) is 9.03. The molecule has 0 radical (unpaired) electrons. The molecule has 0 atom stereocenters. The van der Waals surface area contributed by atoms with Gasteiger partial charge in [0.1, 0.15) is 5.75 Å². The number of fused-ring (bicyclic) bond motifs is 1. The number of phenols is 1. The molecule has 0 saturated carbocycles. The third-order valence-electron chi connectivity index (χ3n) is 2.89. The molecule has 0 spiro atoms. The van der Waals surface area contributed by atoms with Crippen LogP contribution < -0.4 is 0 Å². The van der Waals surface area contributed by atoms with Gasteiger partial charge in [-0.3, -0.25) is 9.69 Å². The molecule has 80 valence electrons. The molecule has 0 bridgehead atoms. The first-order chi connectivity index (χ1) is 7.09. The van der Waals surface area contributed by atoms with Crippen molar-refractivity contribution in [3.63, 3.8) is 0 Å². The van der Waals surface area contributed by atoms with Crippen LogP contribution in [0.2, 0.25) is 0 Å². The number of benzene rings is 1. The predicted molar refractivity (Wildman–Crippen MR) is 58.0 cm³/mol. The van der Waals surface area contributed by atoms with E-state index in [1.54, 1.807) is 18.2 Å². The van der Waals surface area contributed by atoms with Gasteiger partial charge in [0.15, 0.2) is 5.78 Å². The largest absolute Gasteiger partial charge is 0.508 e. The zero-order chi connectivity index (χ0) is 11.0. The molecule has 1 aliphatic heterocycles. The van der Waals surface area contributed by atoms with Gasteiger partial charge in [-0.15, -0.1) is 0 Å². The lowest BCUT2D eigenvalue weighted by molar-refractivity contribution is 0.0865. The first kappa shape index (κ1) is 10.2. The van der Waals surface area contributed by atoms with E-state index in [4.69, 9.17) is 0 Å². The Morgan fingerprint density at radius 2 is 2.07 bits per heavy atom. The first-order valence-corrected chi connectivity index (χ1v) is 5.17. The van der Waals surface area contributed by atoms with Crippen molar-refractivity contribution >= 4 is 5.78 Å². The molecule has 1 aromatic rings. The third-order valence-corrected chi connectivity index (χ3v) is 2.89. The lowest BCUT2D eigenvalue weighted by atomic mass is 9.97. The van der Waals surface area contributed by atoms with Gasteiger partial charge >= 0.3 is 0 Å². The third kappa shape index (κ3) is 1.75. The Morgan fingerprint density at radius 3 is 2.73 bits per heavy atom. The molecule has 3 nitrogen and oxygen atoms in total. The van der Waals surface area contributed by atoms with Crippen molar-refractivity contribution in [3.8, 4) is 5.75 Å². The Hall–Kier alpha value is -1.35. The first-order valence-electron chi connectivity index (χ1n) is 5.17. The molecule has 1 N–H and O–H groups in total. The Bertz CT molecular complexity index is 399. The number of hydrogen-bond donors (Lipinski definition) is 1. The van der Waals surface area contributed by atoms with Crippen LogP contribution in [0.5, 0.6) is 5.75 Å². The van der Waals surface area contributed by atoms with Gasteiger partial charge in [0, 0.05) is 23.7 Å². The summed E-state index contributed by atoms with van der Waals surface area (Å²) in [4.78, 5) is 13.9. The normalized spacial score (nSPS) is 16.9. The molecule has 1 aromatic carbocycles. The molecule has 1 aliphatic rings. The fraction of sp³-hybridized carbons (Fsp3) is 0.417. The second kappa shape index (κ2) is 3.66. The maximum absolute atomic E-state index is 11.8. The molecule has 15 heavy (non-hydrogen) atoms. The van der Waals surface area contributed by atoms with E-state index in [9.17, 15) is 9.90 Å². The van der Waals surface area contributed by atoms with Gasteiger partial charge in [0.05, 0.1) is 6.54 Å². The maximum atomic E-state index is 11.8. The van der Waals surface area contributed by atoms with Crippen molar-refractivity contribution in [3.05, 3.63) is 29.3 Å². The average molecular weight is 205 g/mol. The lowest BCUT2D eigenvalue weighted by Gasteiger charge is -2.31. The number of phenolic OH excluding ortho intramolecular Hbond substituents is 1. The molecule has 0 aromatic heterocycles. The van der Waals surface area contributed by atoms with Crippen molar-refractivity contribution in [1.29, 1.82) is 0 Å². The number of ketones is 1. The molecule has 0 amide bonds. The van der Waals surface area contributed by atoms with E-state index in [1.807, 2.05) is 0 Å². The van der Waals surface area contributed by atoms with Gasteiger partial charge in [0.2, 0.25) is 0 Å². The van der Waals surface area contributed by atoms with Crippen LogP contribution >= 0.6 is 0 Å². The Labute approximate surface area is 89.3 Å². The highest BCUT2D eigenvalue weighted by molar-refractivity contribution is 6.00. The van der Waals surface area contributed by atoms with Crippen LogP contribution in [0.15, 0.2) is 18.2 Å².